The van der Waals surface area contributed by atoms with Gasteiger partial charge >= 0.3 is 0 Å². The molecule has 0 aliphatic carbocycles. The van der Waals surface area contributed by atoms with Crippen molar-refractivity contribution in [2.75, 3.05) is 33.1 Å². The number of hydrogen-bond acceptors (Lipinski definition) is 7. The van der Waals surface area contributed by atoms with Crippen molar-refractivity contribution in [1.82, 2.24) is 15.1 Å². The summed E-state index contributed by atoms with van der Waals surface area (Å²) in [6.45, 7) is 3.89. The minimum Gasteiger partial charge on any atom is -0.497 e. The Morgan fingerprint density at radius 1 is 1.27 bits per heavy atom. The molecule has 3 rings (SSSR count). The molecule has 0 saturated carbocycles. The Kier molecular flexibility index (Phi) is 6.03. The molecule has 1 aromatic carbocycles. The Morgan fingerprint density at radius 3 is 2.73 bits per heavy atom. The number of amides is 1. The van der Waals surface area contributed by atoms with Crippen LogP contribution in [0.3, 0.4) is 0 Å². The molecule has 8 heteroatoms. The predicted octanol–water partition coefficient (Wildman–Crippen LogP) is 3.10. The number of hydrogen-bond donors (Lipinski definition) is 0. The molecule has 1 aromatic heterocycles. The van der Waals surface area contributed by atoms with E-state index < -0.39 is 0 Å². The van der Waals surface area contributed by atoms with Gasteiger partial charge in [0.25, 0.3) is 11.1 Å². The molecule has 1 aliphatic rings. The van der Waals surface area contributed by atoms with Crippen LogP contribution in [0.1, 0.15) is 19.8 Å². The van der Waals surface area contributed by atoms with Crippen LogP contribution in [0, 0.1) is 5.92 Å². The van der Waals surface area contributed by atoms with Crippen LogP contribution in [0.15, 0.2) is 27.8 Å². The second kappa shape index (κ2) is 8.44. The van der Waals surface area contributed by atoms with E-state index in [1.807, 2.05) is 4.90 Å². The number of carbonyl (C=O) groups excluding carboxylic acids is 1. The molecule has 0 atom stereocenters. The smallest absolute Gasteiger partial charge is 0.277 e. The van der Waals surface area contributed by atoms with Gasteiger partial charge in [-0.25, -0.2) is 0 Å². The van der Waals surface area contributed by atoms with Crippen molar-refractivity contribution in [3.8, 4) is 23.0 Å². The number of rotatable bonds is 6. The van der Waals surface area contributed by atoms with E-state index in [4.69, 9.17) is 13.9 Å². The number of carbonyl (C=O) groups is 1. The Balaban J connectivity index is 1.64. The lowest BCUT2D eigenvalue weighted by atomic mass is 9.99. The molecule has 0 unspecified atom stereocenters. The molecule has 1 saturated heterocycles. The van der Waals surface area contributed by atoms with Crippen LogP contribution < -0.4 is 9.47 Å². The van der Waals surface area contributed by atoms with Crippen molar-refractivity contribution in [3.05, 3.63) is 18.2 Å². The predicted molar refractivity (Wildman–Crippen MR) is 98.5 cm³/mol. The first-order chi connectivity index (χ1) is 12.6. The maximum Gasteiger partial charge on any atom is 0.277 e. The Morgan fingerprint density at radius 2 is 2.04 bits per heavy atom. The Labute approximate surface area is 157 Å². The summed E-state index contributed by atoms with van der Waals surface area (Å²) in [5.74, 6) is 2.73. The molecular weight excluding hydrogens is 354 g/mol. The number of nitrogens with zero attached hydrogens (tertiary/aromatic N) is 3. The van der Waals surface area contributed by atoms with E-state index in [-0.39, 0.29) is 5.91 Å². The van der Waals surface area contributed by atoms with E-state index in [0.717, 1.165) is 25.9 Å². The quantitative estimate of drug-likeness (QED) is 0.716. The van der Waals surface area contributed by atoms with Crippen molar-refractivity contribution in [2.45, 2.75) is 25.0 Å². The van der Waals surface area contributed by atoms with E-state index in [2.05, 4.69) is 17.1 Å². The number of thioether (sulfide) groups is 1. The third kappa shape index (κ3) is 4.30. The van der Waals surface area contributed by atoms with Gasteiger partial charge < -0.3 is 18.8 Å². The van der Waals surface area contributed by atoms with Gasteiger partial charge in [0.2, 0.25) is 5.91 Å². The monoisotopic (exact) mass is 377 g/mol. The van der Waals surface area contributed by atoms with E-state index in [1.165, 1.54) is 11.8 Å². The van der Waals surface area contributed by atoms with Crippen molar-refractivity contribution >= 4 is 17.7 Å². The summed E-state index contributed by atoms with van der Waals surface area (Å²) in [6.07, 6.45) is 2.13. The van der Waals surface area contributed by atoms with Gasteiger partial charge in [-0.05, 0) is 37.0 Å². The summed E-state index contributed by atoms with van der Waals surface area (Å²) in [5.41, 5.74) is 0.655. The average molecular weight is 377 g/mol. The molecule has 140 valence electrons. The number of piperidine rings is 1. The zero-order valence-electron chi connectivity index (χ0n) is 15.2. The fourth-order valence-electron chi connectivity index (χ4n) is 2.83. The lowest BCUT2D eigenvalue weighted by molar-refractivity contribution is -0.129. The number of likely N-dealkylation sites (tertiary alicyclic amines) is 1. The summed E-state index contributed by atoms with van der Waals surface area (Å²) in [4.78, 5) is 14.2. The van der Waals surface area contributed by atoms with Crippen LogP contribution in [0.2, 0.25) is 0 Å². The van der Waals surface area contributed by atoms with Gasteiger partial charge in [0.15, 0.2) is 0 Å². The molecule has 1 amide bonds. The highest BCUT2D eigenvalue weighted by atomic mass is 32.2. The maximum atomic E-state index is 12.3. The largest absolute Gasteiger partial charge is 0.497 e. The number of aromatic nitrogens is 2. The molecule has 0 radical (unpaired) electrons. The minimum atomic E-state index is 0.112. The summed E-state index contributed by atoms with van der Waals surface area (Å²) in [7, 11) is 3.17. The highest BCUT2D eigenvalue weighted by molar-refractivity contribution is 7.99. The highest BCUT2D eigenvalue weighted by Gasteiger charge is 2.21. The molecule has 2 aromatic rings. The van der Waals surface area contributed by atoms with Crippen molar-refractivity contribution < 1.29 is 18.7 Å². The molecule has 2 heterocycles. The second-order valence-corrected chi connectivity index (χ2v) is 7.22. The molecule has 1 aliphatic heterocycles. The lowest BCUT2D eigenvalue weighted by Gasteiger charge is -2.30. The molecule has 0 N–H and O–H groups in total. The summed E-state index contributed by atoms with van der Waals surface area (Å²) in [5, 5.41) is 8.47. The van der Waals surface area contributed by atoms with Gasteiger partial charge in [0.05, 0.1) is 25.5 Å². The van der Waals surface area contributed by atoms with Crippen LogP contribution in [0.25, 0.3) is 11.5 Å². The first-order valence-electron chi connectivity index (χ1n) is 8.57. The molecule has 26 heavy (non-hydrogen) atoms. The normalized spacial score (nSPS) is 15.1. The van der Waals surface area contributed by atoms with Crippen molar-refractivity contribution in [1.29, 1.82) is 0 Å². The van der Waals surface area contributed by atoms with Crippen LogP contribution in [0.4, 0.5) is 0 Å². The van der Waals surface area contributed by atoms with E-state index in [1.54, 1.807) is 32.4 Å². The lowest BCUT2D eigenvalue weighted by Crippen LogP contribution is -2.38. The maximum absolute atomic E-state index is 12.3. The van der Waals surface area contributed by atoms with Gasteiger partial charge in [0, 0.05) is 13.1 Å². The van der Waals surface area contributed by atoms with Gasteiger partial charge in [-0.1, -0.05) is 18.7 Å². The summed E-state index contributed by atoms with van der Waals surface area (Å²) in [6, 6.07) is 5.36. The summed E-state index contributed by atoms with van der Waals surface area (Å²) < 4.78 is 16.3. The number of methoxy groups -OCH3 is 2. The fraction of sp³-hybridized carbons (Fsp3) is 0.500. The molecule has 7 nitrogen and oxygen atoms in total. The SMILES string of the molecule is COc1ccc(OC)c(-c2nnc(SCC(=O)N3CCC(C)CC3)o2)c1. The van der Waals surface area contributed by atoms with Crippen LogP contribution in [0.5, 0.6) is 11.5 Å². The van der Waals surface area contributed by atoms with Crippen LogP contribution in [-0.2, 0) is 4.79 Å². The molecular formula is C18H23N3O4S. The van der Waals surface area contributed by atoms with Crippen LogP contribution >= 0.6 is 11.8 Å². The highest BCUT2D eigenvalue weighted by Crippen LogP contribution is 2.33. The number of ether oxygens (including phenoxy) is 2. The third-order valence-corrected chi connectivity index (χ3v) is 5.30. The zero-order chi connectivity index (χ0) is 18.5. The molecule has 0 spiro atoms. The Bertz CT molecular complexity index is 757. The van der Waals surface area contributed by atoms with Gasteiger partial charge in [-0.3, -0.25) is 4.79 Å². The molecule has 1 fully saturated rings. The van der Waals surface area contributed by atoms with Crippen molar-refractivity contribution in [2.24, 2.45) is 5.92 Å². The standard InChI is InChI=1S/C18H23N3O4S/c1-12-6-8-21(9-7-12)16(22)11-26-18-20-19-17(25-18)14-10-13(23-2)4-5-15(14)24-3/h4-5,10,12H,6-9,11H2,1-3H3. The zero-order valence-corrected chi connectivity index (χ0v) is 16.0. The fourth-order valence-corrected chi connectivity index (χ4v) is 3.50. The first-order valence-corrected chi connectivity index (χ1v) is 9.55. The van der Waals surface area contributed by atoms with Gasteiger partial charge in [-0.15, -0.1) is 10.2 Å². The van der Waals surface area contributed by atoms with E-state index in [0.29, 0.717) is 39.8 Å². The van der Waals surface area contributed by atoms with Gasteiger partial charge in [0.1, 0.15) is 11.5 Å². The van der Waals surface area contributed by atoms with Crippen molar-refractivity contribution in [3.63, 3.8) is 0 Å². The topological polar surface area (TPSA) is 77.7 Å². The summed E-state index contributed by atoms with van der Waals surface area (Å²) >= 11 is 1.26. The van der Waals surface area contributed by atoms with E-state index in [9.17, 15) is 4.79 Å². The Hall–Kier alpha value is -2.22. The first kappa shape index (κ1) is 18.6. The average Bonchev–Trinajstić information content (AvgIpc) is 3.15. The minimum absolute atomic E-state index is 0.112. The third-order valence-electron chi connectivity index (χ3n) is 4.50. The second-order valence-electron chi connectivity index (χ2n) is 6.29. The molecule has 0 bridgehead atoms. The van der Waals surface area contributed by atoms with Gasteiger partial charge in [-0.2, -0.15) is 0 Å². The number of benzene rings is 1. The van der Waals surface area contributed by atoms with Crippen LogP contribution in [-0.4, -0.2) is 54.1 Å². The van der Waals surface area contributed by atoms with E-state index >= 15 is 0 Å².